The predicted octanol–water partition coefficient (Wildman–Crippen LogP) is 2.49. The minimum absolute atomic E-state index is 0.345. The molecule has 0 aliphatic heterocycles. The Bertz CT molecular complexity index is 79.4. The Morgan fingerprint density at radius 3 is 2.50 bits per heavy atom. The quantitative estimate of drug-likeness (QED) is 0.387. The van der Waals surface area contributed by atoms with E-state index in [1.807, 2.05) is 6.92 Å². The lowest BCUT2D eigenvalue weighted by atomic mass is 10.1. The summed E-state index contributed by atoms with van der Waals surface area (Å²) in [6.07, 6.45) is 1.10. The fourth-order valence-corrected chi connectivity index (χ4v) is 1.05. The Hall–Kier alpha value is 0.230. The molecule has 0 aliphatic rings. The van der Waals surface area contributed by atoms with Gasteiger partial charge in [0.1, 0.15) is 0 Å². The van der Waals surface area contributed by atoms with Gasteiger partial charge in [-0.15, -0.1) is 4.33 Å². The van der Waals surface area contributed by atoms with Gasteiger partial charge >= 0.3 is 0 Å². The van der Waals surface area contributed by atoms with Crippen LogP contribution < -0.4 is 0 Å². The first-order valence-electron chi connectivity index (χ1n) is 3.35. The van der Waals surface area contributed by atoms with Crippen LogP contribution in [0.1, 0.15) is 27.2 Å². The van der Waals surface area contributed by atoms with Gasteiger partial charge in [-0.25, -0.2) is 5.26 Å². The number of hydrogen-bond donors (Lipinski definition) is 1. The van der Waals surface area contributed by atoms with Crippen LogP contribution in [0.25, 0.3) is 0 Å². The number of hydrogen-bond acceptors (Lipinski definition) is 4. The van der Waals surface area contributed by atoms with Crippen molar-refractivity contribution in [3.63, 3.8) is 0 Å². The van der Waals surface area contributed by atoms with Crippen molar-refractivity contribution in [2.24, 2.45) is 5.92 Å². The van der Waals surface area contributed by atoms with E-state index in [0.717, 1.165) is 18.5 Å². The van der Waals surface area contributed by atoms with Crippen molar-refractivity contribution in [3.8, 4) is 0 Å². The van der Waals surface area contributed by atoms with Gasteiger partial charge in [0.15, 0.2) is 0 Å². The summed E-state index contributed by atoms with van der Waals surface area (Å²) >= 11 is 1.14. The molecule has 3 nitrogen and oxygen atoms in total. The Labute approximate surface area is 65.8 Å². The van der Waals surface area contributed by atoms with Crippen LogP contribution >= 0.6 is 12.0 Å². The zero-order chi connectivity index (χ0) is 7.98. The third-order valence-electron chi connectivity index (χ3n) is 1.67. The van der Waals surface area contributed by atoms with Crippen molar-refractivity contribution in [1.82, 2.24) is 0 Å². The summed E-state index contributed by atoms with van der Waals surface area (Å²) in [7, 11) is 0. The van der Waals surface area contributed by atoms with Crippen molar-refractivity contribution in [3.05, 3.63) is 0 Å². The molecule has 0 bridgehead atoms. The van der Waals surface area contributed by atoms with Gasteiger partial charge in [-0.3, -0.25) is 0 Å². The van der Waals surface area contributed by atoms with E-state index in [9.17, 15) is 0 Å². The standard InChI is InChI=1S/C6H14O3S/c1-4-5(2)6(3)10-9-8-7/h5-7H,4H2,1-3H3. The molecule has 0 rings (SSSR count). The van der Waals surface area contributed by atoms with E-state index in [-0.39, 0.29) is 0 Å². The summed E-state index contributed by atoms with van der Waals surface area (Å²) in [4.78, 5) is 0. The summed E-state index contributed by atoms with van der Waals surface area (Å²) in [5.41, 5.74) is 0. The average molecular weight is 166 g/mol. The van der Waals surface area contributed by atoms with Gasteiger partial charge in [0.25, 0.3) is 0 Å². The molecule has 0 aromatic heterocycles. The molecule has 4 heteroatoms. The van der Waals surface area contributed by atoms with Crippen LogP contribution in [0.15, 0.2) is 0 Å². The van der Waals surface area contributed by atoms with Gasteiger partial charge in [0, 0.05) is 17.3 Å². The molecule has 1 N–H and O–H groups in total. The van der Waals surface area contributed by atoms with E-state index in [0.29, 0.717) is 11.2 Å². The summed E-state index contributed by atoms with van der Waals surface area (Å²) in [6, 6.07) is 0. The smallest absolute Gasteiger partial charge is 0.0380 e. The van der Waals surface area contributed by atoms with Crippen LogP contribution in [0.5, 0.6) is 0 Å². The second-order valence-corrected chi connectivity index (χ2v) is 3.40. The SMILES string of the molecule is CCC(C)C(C)SOOO. The molecule has 0 aromatic rings. The van der Waals surface area contributed by atoms with Crippen molar-refractivity contribution in [2.75, 3.05) is 0 Å². The molecule has 0 spiro atoms. The molecule has 2 atom stereocenters. The highest BCUT2D eigenvalue weighted by Crippen LogP contribution is 2.21. The second kappa shape index (κ2) is 5.97. The minimum atomic E-state index is 0.345. The Morgan fingerprint density at radius 1 is 1.50 bits per heavy atom. The third kappa shape index (κ3) is 4.11. The first-order chi connectivity index (χ1) is 4.72. The van der Waals surface area contributed by atoms with E-state index in [2.05, 4.69) is 23.2 Å². The van der Waals surface area contributed by atoms with Gasteiger partial charge < -0.3 is 0 Å². The number of rotatable bonds is 5. The second-order valence-electron chi connectivity index (χ2n) is 2.33. The lowest BCUT2D eigenvalue weighted by Crippen LogP contribution is -2.09. The van der Waals surface area contributed by atoms with Crippen molar-refractivity contribution in [1.29, 1.82) is 0 Å². The molecule has 0 radical (unpaired) electrons. The van der Waals surface area contributed by atoms with Crippen LogP contribution in [0.2, 0.25) is 0 Å². The molecule has 0 aromatic carbocycles. The van der Waals surface area contributed by atoms with E-state index in [1.165, 1.54) is 0 Å². The minimum Gasteiger partial charge on any atom is -0.220 e. The maximum absolute atomic E-state index is 7.83. The molecule has 0 saturated carbocycles. The molecule has 0 aliphatic carbocycles. The third-order valence-corrected chi connectivity index (χ3v) is 2.57. The predicted molar refractivity (Wildman–Crippen MR) is 41.3 cm³/mol. The first-order valence-corrected chi connectivity index (χ1v) is 4.16. The average Bonchev–Trinajstić information content (AvgIpc) is 1.98. The zero-order valence-corrected chi connectivity index (χ0v) is 7.35. The normalized spacial score (nSPS) is 16.8. The van der Waals surface area contributed by atoms with Gasteiger partial charge in [-0.05, 0) is 5.92 Å². The van der Waals surface area contributed by atoms with Crippen molar-refractivity contribution < 1.29 is 14.6 Å². The highest BCUT2D eigenvalue weighted by atomic mass is 32.2. The van der Waals surface area contributed by atoms with E-state index in [4.69, 9.17) is 5.26 Å². The highest BCUT2D eigenvalue weighted by molar-refractivity contribution is 7.95. The van der Waals surface area contributed by atoms with Crippen LogP contribution in [0, 0.1) is 5.92 Å². The molecule has 0 fully saturated rings. The lowest BCUT2D eigenvalue weighted by Gasteiger charge is -2.14. The fourth-order valence-electron chi connectivity index (χ4n) is 0.506. The summed E-state index contributed by atoms with van der Waals surface area (Å²) in [5.74, 6) is 0.570. The largest absolute Gasteiger partial charge is 0.220 e. The zero-order valence-electron chi connectivity index (χ0n) is 6.53. The van der Waals surface area contributed by atoms with Gasteiger partial charge in [0.2, 0.25) is 0 Å². The fraction of sp³-hybridized carbons (Fsp3) is 1.00. The van der Waals surface area contributed by atoms with Crippen LogP contribution in [-0.2, 0) is 9.37 Å². The Balaban J connectivity index is 3.31. The van der Waals surface area contributed by atoms with Gasteiger partial charge in [-0.1, -0.05) is 32.2 Å². The maximum Gasteiger partial charge on any atom is 0.0380 e. The van der Waals surface area contributed by atoms with Gasteiger partial charge in [-0.2, -0.15) is 0 Å². The summed E-state index contributed by atoms with van der Waals surface area (Å²) < 4.78 is 4.29. The lowest BCUT2D eigenvalue weighted by molar-refractivity contribution is -0.432. The molecule has 10 heavy (non-hydrogen) atoms. The summed E-state index contributed by atoms with van der Waals surface area (Å²) in [6.45, 7) is 6.26. The summed E-state index contributed by atoms with van der Waals surface area (Å²) in [5, 5.41) is 11.6. The molecule has 0 saturated heterocycles. The Morgan fingerprint density at radius 2 is 2.10 bits per heavy atom. The molecule has 0 amide bonds. The molecule has 2 unspecified atom stereocenters. The maximum atomic E-state index is 7.83. The first kappa shape index (κ1) is 10.2. The molecular formula is C6H14O3S. The van der Waals surface area contributed by atoms with Crippen LogP contribution in [0.3, 0.4) is 0 Å². The monoisotopic (exact) mass is 166 g/mol. The van der Waals surface area contributed by atoms with E-state index >= 15 is 0 Å². The van der Waals surface area contributed by atoms with Crippen molar-refractivity contribution >= 4 is 12.0 Å². The topological polar surface area (TPSA) is 38.7 Å². The van der Waals surface area contributed by atoms with Crippen LogP contribution in [0.4, 0.5) is 0 Å². The highest BCUT2D eigenvalue weighted by Gasteiger charge is 2.11. The molecule has 62 valence electrons. The molecular weight excluding hydrogens is 152 g/mol. The van der Waals surface area contributed by atoms with Gasteiger partial charge in [0.05, 0.1) is 0 Å². The van der Waals surface area contributed by atoms with Crippen molar-refractivity contribution in [2.45, 2.75) is 32.4 Å². The van der Waals surface area contributed by atoms with E-state index < -0.39 is 0 Å². The van der Waals surface area contributed by atoms with Crippen LogP contribution in [-0.4, -0.2) is 10.5 Å². The Kier molecular flexibility index (Phi) is 6.11. The molecule has 0 heterocycles. The van der Waals surface area contributed by atoms with E-state index in [1.54, 1.807) is 0 Å².